The van der Waals surface area contributed by atoms with E-state index < -0.39 is 6.43 Å². The number of carbonyl (C=O) groups is 1. The number of halogens is 2. The van der Waals surface area contributed by atoms with Gasteiger partial charge < -0.3 is 27.6 Å². The minimum atomic E-state index is -2.77. The fourth-order valence-electron chi connectivity index (χ4n) is 3.64. The van der Waals surface area contributed by atoms with Crippen LogP contribution in [0.1, 0.15) is 31.4 Å². The van der Waals surface area contributed by atoms with Gasteiger partial charge in [-0.2, -0.15) is 6.26 Å². The molecule has 0 radical (unpaired) electrons. The summed E-state index contributed by atoms with van der Waals surface area (Å²) in [7, 11) is 0. The number of nitrogens with zero attached hydrogens (tertiary/aromatic N) is 6. The maximum Gasteiger partial charge on any atom is 1.00 e. The number of morpholine rings is 1. The van der Waals surface area contributed by atoms with Crippen molar-refractivity contribution in [1.82, 2.24) is 24.6 Å². The third kappa shape index (κ3) is 7.43. The Labute approximate surface area is 261 Å². The summed E-state index contributed by atoms with van der Waals surface area (Å²) < 4.78 is 34.0. The second-order valence-electron chi connectivity index (χ2n) is 8.02. The average Bonchev–Trinajstić information content (AvgIpc) is 3.75. The van der Waals surface area contributed by atoms with Crippen molar-refractivity contribution in [3.8, 4) is 11.4 Å². The minimum Gasteiger partial charge on any atom is -0.796 e. The molecule has 0 aromatic carbocycles. The Kier molecular flexibility index (Phi) is 11.6. The Balaban J connectivity index is 0.000000580. The molecular formula is C24H26F2KN7O2S. The third-order valence-corrected chi connectivity index (χ3v) is 5.50. The molecular weight excluding hydrogens is 527 g/mol. The smallest absolute Gasteiger partial charge is 0.796 e. The van der Waals surface area contributed by atoms with Crippen LogP contribution in [-0.2, 0) is 22.2 Å². The summed E-state index contributed by atoms with van der Waals surface area (Å²) in [6.07, 6.45) is 8.26. The Hall–Kier alpha value is -1.74. The summed E-state index contributed by atoms with van der Waals surface area (Å²) in [4.78, 5) is 25.5. The normalized spacial score (nSPS) is 14.2. The number of rotatable bonds is 5. The molecule has 1 saturated heterocycles. The summed E-state index contributed by atoms with van der Waals surface area (Å²) in [5.41, 5.74) is 1.68. The topological polar surface area (TPSA) is 97.5 Å². The van der Waals surface area contributed by atoms with E-state index in [4.69, 9.17) is 4.74 Å². The molecule has 1 amide bonds. The zero-order valence-corrected chi connectivity index (χ0v) is 24.7. The minimum absolute atomic E-state index is 0. The van der Waals surface area contributed by atoms with Gasteiger partial charge in [-0.15, -0.1) is 5.10 Å². The summed E-state index contributed by atoms with van der Waals surface area (Å²) in [6.45, 7) is 2.91. The van der Waals surface area contributed by atoms with Crippen LogP contribution in [0.4, 0.5) is 20.3 Å². The quantitative estimate of drug-likeness (QED) is 0.222. The molecule has 190 valence electrons. The molecule has 37 heavy (non-hydrogen) atoms. The number of hydrogen-bond acceptors (Lipinski definition) is 8. The monoisotopic (exact) mass is 553 g/mol. The van der Waals surface area contributed by atoms with Crippen LogP contribution in [0, 0.1) is 0 Å². The van der Waals surface area contributed by atoms with Gasteiger partial charge in [0.05, 0.1) is 25.1 Å². The molecule has 0 bridgehead atoms. The first-order valence-corrected chi connectivity index (χ1v) is 12.3. The van der Waals surface area contributed by atoms with Crippen LogP contribution in [0.5, 0.6) is 0 Å². The first-order valence-electron chi connectivity index (χ1n) is 11.5. The van der Waals surface area contributed by atoms with E-state index in [1.54, 1.807) is 10.8 Å². The molecule has 0 atom stereocenters. The van der Waals surface area contributed by atoms with Crippen LogP contribution >= 0.6 is 0 Å². The largest absolute Gasteiger partial charge is 1.00 e. The van der Waals surface area contributed by atoms with Gasteiger partial charge in [-0.1, -0.05) is 19.3 Å². The summed E-state index contributed by atoms with van der Waals surface area (Å²) in [6, 6.07) is 5.33. The standard InChI is InChI=1S/C20H17F2N7O2.C3H6.CH4S.K/c21-19(22)18-14-8-23-16(25-11-30)7-13(14)15(9-24-18)20-26-17-2-1-12(10-29(17)27-20)28-3-5-31-6-4-28;1-2-3-1;1-2;/h1-2,7-11,19H,3-6H2,(H,23,25,30);1-3H2;2H,1H3;/q;;;+1/p-1. The van der Waals surface area contributed by atoms with E-state index in [0.29, 0.717) is 42.0 Å². The van der Waals surface area contributed by atoms with Crippen molar-refractivity contribution in [3.05, 3.63) is 42.5 Å². The molecule has 4 aromatic rings. The number of alkyl halides is 2. The number of carbonyl (C=O) groups excluding carboxylic acids is 1. The van der Waals surface area contributed by atoms with Gasteiger partial charge in [0.25, 0.3) is 6.43 Å². The van der Waals surface area contributed by atoms with E-state index in [2.05, 4.69) is 42.9 Å². The first kappa shape index (κ1) is 29.8. The average molecular weight is 554 g/mol. The van der Waals surface area contributed by atoms with Crippen LogP contribution in [0.2, 0.25) is 0 Å². The molecule has 5 heterocycles. The molecule has 0 unspecified atom stereocenters. The second kappa shape index (κ2) is 14.4. The van der Waals surface area contributed by atoms with E-state index in [0.717, 1.165) is 18.8 Å². The number of fused-ring (bicyclic) bond motifs is 2. The molecule has 2 fully saturated rings. The maximum atomic E-state index is 13.5. The van der Waals surface area contributed by atoms with Crippen molar-refractivity contribution in [3.63, 3.8) is 0 Å². The van der Waals surface area contributed by atoms with Crippen LogP contribution < -0.4 is 61.6 Å². The van der Waals surface area contributed by atoms with Gasteiger partial charge in [0, 0.05) is 41.8 Å². The molecule has 9 nitrogen and oxygen atoms in total. The number of nitrogens with one attached hydrogen (secondary N) is 1. The van der Waals surface area contributed by atoms with Crippen LogP contribution in [-0.4, -0.2) is 63.5 Å². The van der Waals surface area contributed by atoms with E-state index in [9.17, 15) is 13.6 Å². The molecule has 1 saturated carbocycles. The number of hydrogen-bond donors (Lipinski definition) is 1. The molecule has 2 aliphatic rings. The maximum absolute atomic E-state index is 13.5. The van der Waals surface area contributed by atoms with Crippen molar-refractivity contribution in [2.24, 2.45) is 0 Å². The second-order valence-corrected chi connectivity index (χ2v) is 8.02. The molecule has 4 aromatic heterocycles. The summed E-state index contributed by atoms with van der Waals surface area (Å²) in [5, 5.41) is 7.59. The molecule has 1 aliphatic carbocycles. The number of ether oxygens (including phenoxy) is 1. The predicted molar refractivity (Wildman–Crippen MR) is 136 cm³/mol. The molecule has 6 rings (SSSR count). The van der Waals surface area contributed by atoms with Crippen LogP contribution in [0.3, 0.4) is 0 Å². The Morgan fingerprint density at radius 1 is 1.08 bits per heavy atom. The van der Waals surface area contributed by atoms with E-state index >= 15 is 0 Å². The Morgan fingerprint density at radius 2 is 1.81 bits per heavy atom. The fourth-order valence-corrected chi connectivity index (χ4v) is 3.64. The molecule has 1 N–H and O–H groups in total. The zero-order valence-electron chi connectivity index (χ0n) is 20.7. The van der Waals surface area contributed by atoms with Crippen molar-refractivity contribution in [1.29, 1.82) is 0 Å². The molecule has 1 aliphatic heterocycles. The summed E-state index contributed by atoms with van der Waals surface area (Å²) >= 11 is 4.08. The van der Waals surface area contributed by atoms with Gasteiger partial charge in [0.2, 0.25) is 6.41 Å². The zero-order chi connectivity index (χ0) is 25.5. The number of pyridine rings is 3. The van der Waals surface area contributed by atoms with Crippen LogP contribution in [0.15, 0.2) is 36.8 Å². The van der Waals surface area contributed by atoms with Crippen molar-refractivity contribution in [2.75, 3.05) is 42.8 Å². The Bertz CT molecular complexity index is 1330. The van der Waals surface area contributed by atoms with Gasteiger partial charge in [-0.05, 0) is 18.2 Å². The SMILES string of the molecule is C1CC1.C[S-].O=CNc1cc2c(-c3nc4ccc(N5CCOCC5)cn4n3)cnc(C(F)F)c2cn1.[K+]. The summed E-state index contributed by atoms with van der Waals surface area (Å²) in [5.74, 6) is 0.564. The number of aromatic nitrogens is 5. The third-order valence-electron chi connectivity index (χ3n) is 5.50. The van der Waals surface area contributed by atoms with Crippen molar-refractivity contribution in [2.45, 2.75) is 25.7 Å². The van der Waals surface area contributed by atoms with Gasteiger partial charge in [-0.3, -0.25) is 9.78 Å². The van der Waals surface area contributed by atoms with Gasteiger partial charge in [-0.25, -0.2) is 23.3 Å². The van der Waals surface area contributed by atoms with E-state index in [-0.39, 0.29) is 68.3 Å². The van der Waals surface area contributed by atoms with E-state index in [1.165, 1.54) is 37.7 Å². The first-order chi connectivity index (χ1) is 17.6. The fraction of sp³-hybridized carbons (Fsp3) is 0.375. The Morgan fingerprint density at radius 3 is 2.46 bits per heavy atom. The molecule has 0 spiro atoms. The predicted octanol–water partition coefficient (Wildman–Crippen LogP) is 1.02. The van der Waals surface area contributed by atoms with Crippen molar-refractivity contribution >= 4 is 47.0 Å². The van der Waals surface area contributed by atoms with Crippen LogP contribution in [0.25, 0.3) is 27.8 Å². The number of amides is 1. The van der Waals surface area contributed by atoms with Gasteiger partial charge >= 0.3 is 51.4 Å². The van der Waals surface area contributed by atoms with E-state index in [1.807, 2.05) is 18.3 Å². The van der Waals surface area contributed by atoms with Gasteiger partial charge in [0.1, 0.15) is 11.5 Å². The van der Waals surface area contributed by atoms with Crippen molar-refractivity contribution < 1.29 is 69.7 Å². The van der Waals surface area contributed by atoms with Gasteiger partial charge in [0.15, 0.2) is 11.5 Å². The molecule has 13 heteroatoms. The number of anilines is 2.